The van der Waals surface area contributed by atoms with Gasteiger partial charge in [0.15, 0.2) is 0 Å². The topological polar surface area (TPSA) is 82.5 Å². The zero-order valence-electron chi connectivity index (χ0n) is 11.3. The highest BCUT2D eigenvalue weighted by Crippen LogP contribution is 2.28. The Hall–Kier alpha value is -1.77. The number of rotatable bonds is 2. The lowest BCUT2D eigenvalue weighted by Crippen LogP contribution is -2.54. The van der Waals surface area contributed by atoms with Crippen molar-refractivity contribution in [2.45, 2.75) is 25.6 Å². The molecule has 2 rings (SSSR count). The van der Waals surface area contributed by atoms with E-state index >= 15 is 0 Å². The number of aliphatic hydroxyl groups is 1. The summed E-state index contributed by atoms with van der Waals surface area (Å²) in [5, 5.41) is 18.3. The summed E-state index contributed by atoms with van der Waals surface area (Å²) in [7, 11) is 0. The van der Waals surface area contributed by atoms with Gasteiger partial charge < -0.3 is 20.5 Å². The second kappa shape index (κ2) is 5.08. The van der Waals surface area contributed by atoms with Gasteiger partial charge in [0.25, 0.3) is 0 Å². The van der Waals surface area contributed by atoms with Crippen molar-refractivity contribution in [3.63, 3.8) is 0 Å². The van der Waals surface area contributed by atoms with Crippen molar-refractivity contribution >= 4 is 11.4 Å². The zero-order valence-corrected chi connectivity index (χ0v) is 11.3. The fourth-order valence-corrected chi connectivity index (χ4v) is 2.43. The normalized spacial score (nSPS) is 22.0. The summed E-state index contributed by atoms with van der Waals surface area (Å²) in [6.07, 6.45) is -0.216. The maximum absolute atomic E-state index is 9.31. The Morgan fingerprint density at radius 2 is 2.32 bits per heavy atom. The van der Waals surface area contributed by atoms with Gasteiger partial charge in [-0.15, -0.1) is 0 Å². The van der Waals surface area contributed by atoms with Gasteiger partial charge in [-0.05, 0) is 32.0 Å². The van der Waals surface area contributed by atoms with E-state index in [0.717, 1.165) is 5.69 Å². The third-order valence-electron chi connectivity index (χ3n) is 3.21. The van der Waals surface area contributed by atoms with Crippen LogP contribution in [-0.2, 0) is 4.74 Å². The van der Waals surface area contributed by atoms with E-state index in [1.807, 2.05) is 19.9 Å². The first kappa shape index (κ1) is 13.7. The SMILES string of the molecule is CC1(C)CN(c2ccc(N)c(C#N)c2)CC(CO)O1. The summed E-state index contributed by atoms with van der Waals surface area (Å²) in [6, 6.07) is 7.51. The van der Waals surface area contributed by atoms with Crippen LogP contribution in [0, 0.1) is 11.3 Å². The number of hydrogen-bond acceptors (Lipinski definition) is 5. The first-order valence-electron chi connectivity index (χ1n) is 6.28. The van der Waals surface area contributed by atoms with Gasteiger partial charge in [-0.25, -0.2) is 0 Å². The molecule has 0 bridgehead atoms. The van der Waals surface area contributed by atoms with E-state index in [4.69, 9.17) is 15.7 Å². The predicted molar refractivity (Wildman–Crippen MR) is 73.8 cm³/mol. The molecule has 1 atom stereocenters. The van der Waals surface area contributed by atoms with Gasteiger partial charge in [0.1, 0.15) is 6.07 Å². The summed E-state index contributed by atoms with van der Waals surface area (Å²) >= 11 is 0. The van der Waals surface area contributed by atoms with Crippen molar-refractivity contribution in [1.29, 1.82) is 5.26 Å². The number of anilines is 2. The van der Waals surface area contributed by atoms with Gasteiger partial charge in [-0.2, -0.15) is 5.26 Å². The summed E-state index contributed by atoms with van der Waals surface area (Å²) in [4.78, 5) is 2.12. The van der Waals surface area contributed by atoms with Crippen molar-refractivity contribution in [2.24, 2.45) is 0 Å². The van der Waals surface area contributed by atoms with E-state index in [0.29, 0.717) is 24.3 Å². The molecule has 1 aliphatic heterocycles. The van der Waals surface area contributed by atoms with Gasteiger partial charge in [-0.3, -0.25) is 0 Å². The van der Waals surface area contributed by atoms with E-state index in [2.05, 4.69) is 11.0 Å². The van der Waals surface area contributed by atoms with E-state index in [-0.39, 0.29) is 18.3 Å². The lowest BCUT2D eigenvalue weighted by molar-refractivity contribution is -0.101. The van der Waals surface area contributed by atoms with Crippen LogP contribution >= 0.6 is 0 Å². The number of nitrogen functional groups attached to an aromatic ring is 1. The molecule has 0 spiro atoms. The average Bonchev–Trinajstić information content (AvgIpc) is 2.37. The van der Waals surface area contributed by atoms with E-state index in [1.165, 1.54) is 0 Å². The highest BCUT2D eigenvalue weighted by molar-refractivity contribution is 5.63. The van der Waals surface area contributed by atoms with Crippen molar-refractivity contribution in [3.8, 4) is 6.07 Å². The number of ether oxygens (including phenoxy) is 1. The molecule has 0 saturated carbocycles. The second-order valence-electron chi connectivity index (χ2n) is 5.45. The molecule has 102 valence electrons. The number of benzene rings is 1. The first-order valence-corrected chi connectivity index (χ1v) is 6.28. The van der Waals surface area contributed by atoms with Crippen LogP contribution in [0.4, 0.5) is 11.4 Å². The quantitative estimate of drug-likeness (QED) is 0.779. The van der Waals surface area contributed by atoms with E-state index in [1.54, 1.807) is 12.1 Å². The number of nitrogens with two attached hydrogens (primary N) is 1. The van der Waals surface area contributed by atoms with Crippen molar-refractivity contribution in [1.82, 2.24) is 0 Å². The number of nitrogens with zero attached hydrogens (tertiary/aromatic N) is 2. The van der Waals surface area contributed by atoms with E-state index < -0.39 is 0 Å². The van der Waals surface area contributed by atoms with Crippen molar-refractivity contribution in [3.05, 3.63) is 23.8 Å². The molecule has 0 aliphatic carbocycles. The highest BCUT2D eigenvalue weighted by atomic mass is 16.5. The molecule has 1 aliphatic rings. The Morgan fingerprint density at radius 3 is 2.95 bits per heavy atom. The summed E-state index contributed by atoms with van der Waals surface area (Å²) < 4.78 is 5.77. The molecule has 1 unspecified atom stereocenters. The van der Waals surface area contributed by atoms with Crippen LogP contribution in [0.1, 0.15) is 19.4 Å². The molecule has 1 fully saturated rings. The molecular formula is C14H19N3O2. The molecule has 1 heterocycles. The fourth-order valence-electron chi connectivity index (χ4n) is 2.43. The minimum atomic E-state index is -0.333. The minimum Gasteiger partial charge on any atom is -0.398 e. The average molecular weight is 261 g/mol. The summed E-state index contributed by atoms with van der Waals surface area (Å²) in [6.45, 7) is 5.28. The second-order valence-corrected chi connectivity index (χ2v) is 5.45. The Balaban J connectivity index is 2.28. The summed E-state index contributed by atoms with van der Waals surface area (Å²) in [5.74, 6) is 0. The fraction of sp³-hybridized carbons (Fsp3) is 0.500. The van der Waals surface area contributed by atoms with Crippen LogP contribution < -0.4 is 10.6 Å². The van der Waals surface area contributed by atoms with Crippen LogP contribution in [0.3, 0.4) is 0 Å². The molecule has 0 amide bonds. The molecule has 0 radical (unpaired) electrons. The molecule has 5 nitrogen and oxygen atoms in total. The Kier molecular flexibility index (Phi) is 3.65. The zero-order chi connectivity index (χ0) is 14.0. The van der Waals surface area contributed by atoms with E-state index in [9.17, 15) is 5.11 Å². The highest BCUT2D eigenvalue weighted by Gasteiger charge is 2.33. The van der Waals surface area contributed by atoms with Gasteiger partial charge in [0, 0.05) is 24.5 Å². The standard InChI is InChI=1S/C14H19N3O2/c1-14(2)9-17(7-12(8-18)19-14)11-3-4-13(16)10(5-11)6-15/h3-5,12,18H,7-9,16H2,1-2H3. The van der Waals surface area contributed by atoms with Crippen LogP contribution in [0.15, 0.2) is 18.2 Å². The molecule has 1 saturated heterocycles. The third kappa shape index (κ3) is 2.98. The van der Waals surface area contributed by atoms with Crippen LogP contribution in [0.2, 0.25) is 0 Å². The van der Waals surface area contributed by atoms with Crippen LogP contribution in [0.5, 0.6) is 0 Å². The van der Waals surface area contributed by atoms with Crippen LogP contribution in [0.25, 0.3) is 0 Å². The number of hydrogen-bond donors (Lipinski definition) is 2. The van der Waals surface area contributed by atoms with Gasteiger partial charge >= 0.3 is 0 Å². The number of nitriles is 1. The lowest BCUT2D eigenvalue weighted by atomic mass is 10.0. The Morgan fingerprint density at radius 1 is 1.58 bits per heavy atom. The molecule has 1 aromatic rings. The minimum absolute atomic E-state index is 0.0139. The smallest absolute Gasteiger partial charge is 0.101 e. The van der Waals surface area contributed by atoms with Gasteiger partial charge in [0.05, 0.1) is 23.9 Å². The monoisotopic (exact) mass is 261 g/mol. The molecule has 5 heteroatoms. The third-order valence-corrected chi connectivity index (χ3v) is 3.21. The largest absolute Gasteiger partial charge is 0.398 e. The number of aliphatic hydroxyl groups excluding tert-OH is 1. The van der Waals surface area contributed by atoms with Gasteiger partial charge in [-0.1, -0.05) is 0 Å². The predicted octanol–water partition coefficient (Wildman–Crippen LogP) is 1.12. The van der Waals surface area contributed by atoms with Gasteiger partial charge in [0.2, 0.25) is 0 Å². The Bertz CT molecular complexity index is 508. The van der Waals surface area contributed by atoms with Crippen LogP contribution in [-0.4, -0.2) is 36.5 Å². The lowest BCUT2D eigenvalue weighted by Gasteiger charge is -2.43. The number of morpholine rings is 1. The maximum Gasteiger partial charge on any atom is 0.101 e. The molecule has 1 aromatic carbocycles. The maximum atomic E-state index is 9.31. The first-order chi connectivity index (χ1) is 8.95. The van der Waals surface area contributed by atoms with Crippen molar-refractivity contribution < 1.29 is 9.84 Å². The van der Waals surface area contributed by atoms with Crippen molar-refractivity contribution in [2.75, 3.05) is 30.3 Å². The molecule has 0 aromatic heterocycles. The Labute approximate surface area is 113 Å². The molecule has 3 N–H and O–H groups in total. The molecular weight excluding hydrogens is 242 g/mol. The molecule has 19 heavy (non-hydrogen) atoms. The summed E-state index contributed by atoms with van der Waals surface area (Å²) in [5.41, 5.74) is 7.29.